The summed E-state index contributed by atoms with van der Waals surface area (Å²) in [5.41, 5.74) is 0.712. The molecule has 1 saturated heterocycles. The second-order valence-electron chi connectivity index (χ2n) is 3.67. The van der Waals surface area contributed by atoms with Crippen LogP contribution in [0.1, 0.15) is 11.7 Å². The molecule has 1 aliphatic heterocycles. The molecule has 2 rings (SSSR count). The molecule has 1 aromatic heterocycles. The van der Waals surface area contributed by atoms with E-state index in [1.165, 1.54) is 0 Å². The summed E-state index contributed by atoms with van der Waals surface area (Å²) in [6.07, 6.45) is -1.90. The van der Waals surface area contributed by atoms with Crippen molar-refractivity contribution in [2.45, 2.75) is 24.4 Å². The number of aliphatic hydroxyl groups is 3. The lowest BCUT2D eigenvalue weighted by Gasteiger charge is -2.14. The predicted molar refractivity (Wildman–Crippen MR) is 58.7 cm³/mol. The van der Waals surface area contributed by atoms with Crippen LogP contribution in [0.15, 0.2) is 22.9 Å². The SMILES string of the molecule is OC[C@H]1OC(c2ccnc(Br)c2)[C@H](O)[C@@H]1O. The van der Waals surface area contributed by atoms with Gasteiger partial charge in [-0.3, -0.25) is 0 Å². The fourth-order valence-electron chi connectivity index (χ4n) is 1.77. The summed E-state index contributed by atoms with van der Waals surface area (Å²) in [6.45, 7) is -0.318. The summed E-state index contributed by atoms with van der Waals surface area (Å²) in [6, 6.07) is 3.41. The number of pyridine rings is 1. The molecule has 2 heterocycles. The van der Waals surface area contributed by atoms with Gasteiger partial charge in [0.25, 0.3) is 0 Å². The van der Waals surface area contributed by atoms with Gasteiger partial charge < -0.3 is 20.1 Å². The lowest BCUT2D eigenvalue weighted by molar-refractivity contribution is -0.0228. The lowest BCUT2D eigenvalue weighted by atomic mass is 10.0. The minimum atomic E-state index is -1.07. The van der Waals surface area contributed by atoms with Crippen LogP contribution in [0.25, 0.3) is 0 Å². The van der Waals surface area contributed by atoms with Crippen molar-refractivity contribution < 1.29 is 20.1 Å². The molecule has 3 N–H and O–H groups in total. The molecule has 0 spiro atoms. The Balaban J connectivity index is 2.23. The number of nitrogens with zero attached hydrogens (tertiary/aromatic N) is 1. The minimum Gasteiger partial charge on any atom is -0.394 e. The van der Waals surface area contributed by atoms with Crippen molar-refractivity contribution in [1.82, 2.24) is 4.98 Å². The number of aliphatic hydroxyl groups excluding tert-OH is 3. The van der Waals surface area contributed by atoms with Gasteiger partial charge in [0, 0.05) is 6.20 Å². The van der Waals surface area contributed by atoms with Crippen LogP contribution in [-0.2, 0) is 4.74 Å². The molecule has 1 aromatic rings. The number of hydrogen-bond donors (Lipinski definition) is 3. The van der Waals surface area contributed by atoms with Gasteiger partial charge in [-0.1, -0.05) is 0 Å². The molecule has 6 heteroatoms. The van der Waals surface area contributed by atoms with Gasteiger partial charge in [0.05, 0.1) is 6.61 Å². The van der Waals surface area contributed by atoms with Crippen LogP contribution in [0.5, 0.6) is 0 Å². The fourth-order valence-corrected chi connectivity index (χ4v) is 2.15. The third-order valence-electron chi connectivity index (χ3n) is 2.62. The molecular formula is C10H12BrNO4. The van der Waals surface area contributed by atoms with E-state index in [1.807, 2.05) is 0 Å². The van der Waals surface area contributed by atoms with Gasteiger partial charge in [-0.25, -0.2) is 4.98 Å². The van der Waals surface area contributed by atoms with Crippen LogP contribution in [0.2, 0.25) is 0 Å². The fraction of sp³-hybridized carbons (Fsp3) is 0.500. The van der Waals surface area contributed by atoms with Crippen molar-refractivity contribution in [3.63, 3.8) is 0 Å². The Bertz CT molecular complexity index is 376. The third kappa shape index (κ3) is 2.11. The average Bonchev–Trinajstić information content (AvgIpc) is 2.56. The van der Waals surface area contributed by atoms with E-state index in [4.69, 9.17) is 9.84 Å². The van der Waals surface area contributed by atoms with Crippen molar-refractivity contribution in [2.75, 3.05) is 6.61 Å². The van der Waals surface area contributed by atoms with E-state index in [0.717, 1.165) is 0 Å². The molecule has 4 atom stereocenters. The number of ether oxygens (including phenoxy) is 1. The second kappa shape index (κ2) is 4.77. The van der Waals surface area contributed by atoms with E-state index < -0.39 is 24.4 Å². The van der Waals surface area contributed by atoms with Gasteiger partial charge in [0.15, 0.2) is 0 Å². The van der Waals surface area contributed by atoms with E-state index in [1.54, 1.807) is 18.3 Å². The number of rotatable bonds is 2. The topological polar surface area (TPSA) is 82.8 Å². The Labute approximate surface area is 101 Å². The predicted octanol–water partition coefficient (Wildman–Crippen LogP) is -0.00190. The maximum atomic E-state index is 9.78. The first-order chi connectivity index (χ1) is 7.63. The smallest absolute Gasteiger partial charge is 0.113 e. The van der Waals surface area contributed by atoms with E-state index in [2.05, 4.69) is 20.9 Å². The average molecular weight is 290 g/mol. The summed E-state index contributed by atoms with van der Waals surface area (Å²) in [5.74, 6) is 0. The first-order valence-electron chi connectivity index (χ1n) is 4.87. The molecule has 1 fully saturated rings. The molecule has 5 nitrogen and oxygen atoms in total. The zero-order valence-electron chi connectivity index (χ0n) is 8.32. The molecular weight excluding hydrogens is 278 g/mol. The largest absolute Gasteiger partial charge is 0.394 e. The zero-order chi connectivity index (χ0) is 11.7. The van der Waals surface area contributed by atoms with Gasteiger partial charge in [-0.15, -0.1) is 0 Å². The van der Waals surface area contributed by atoms with Crippen LogP contribution < -0.4 is 0 Å². The van der Waals surface area contributed by atoms with E-state index >= 15 is 0 Å². The summed E-state index contributed by atoms with van der Waals surface area (Å²) in [4.78, 5) is 3.96. The molecule has 1 unspecified atom stereocenters. The quantitative estimate of drug-likeness (QED) is 0.668. The summed E-state index contributed by atoms with van der Waals surface area (Å²) in [7, 11) is 0. The molecule has 88 valence electrons. The van der Waals surface area contributed by atoms with Crippen molar-refractivity contribution in [3.8, 4) is 0 Å². The molecule has 0 saturated carbocycles. The highest BCUT2D eigenvalue weighted by atomic mass is 79.9. The Morgan fingerprint density at radius 1 is 1.38 bits per heavy atom. The van der Waals surface area contributed by atoms with Crippen molar-refractivity contribution in [1.29, 1.82) is 0 Å². The maximum Gasteiger partial charge on any atom is 0.113 e. The molecule has 16 heavy (non-hydrogen) atoms. The van der Waals surface area contributed by atoms with Crippen LogP contribution in [-0.4, -0.2) is 45.2 Å². The maximum absolute atomic E-state index is 9.78. The summed E-state index contributed by atoms with van der Waals surface area (Å²) in [5, 5.41) is 28.3. The lowest BCUT2D eigenvalue weighted by Crippen LogP contribution is -2.32. The van der Waals surface area contributed by atoms with Gasteiger partial charge in [-0.05, 0) is 33.6 Å². The number of hydrogen-bond acceptors (Lipinski definition) is 5. The van der Waals surface area contributed by atoms with E-state index in [0.29, 0.717) is 10.2 Å². The Morgan fingerprint density at radius 2 is 2.12 bits per heavy atom. The first-order valence-corrected chi connectivity index (χ1v) is 5.66. The zero-order valence-corrected chi connectivity index (χ0v) is 9.91. The van der Waals surface area contributed by atoms with E-state index in [-0.39, 0.29) is 6.61 Å². The van der Waals surface area contributed by atoms with Crippen molar-refractivity contribution in [3.05, 3.63) is 28.5 Å². The van der Waals surface area contributed by atoms with E-state index in [9.17, 15) is 10.2 Å². The van der Waals surface area contributed by atoms with Crippen LogP contribution in [0.3, 0.4) is 0 Å². The highest BCUT2D eigenvalue weighted by Gasteiger charge is 2.42. The van der Waals surface area contributed by atoms with Gasteiger partial charge in [0.2, 0.25) is 0 Å². The Kier molecular flexibility index (Phi) is 3.56. The molecule has 0 amide bonds. The van der Waals surface area contributed by atoms with Gasteiger partial charge >= 0.3 is 0 Å². The third-order valence-corrected chi connectivity index (χ3v) is 3.06. The molecule has 0 aromatic carbocycles. The Hall–Kier alpha value is -0.530. The number of aromatic nitrogens is 1. The van der Waals surface area contributed by atoms with Gasteiger partial charge in [-0.2, -0.15) is 0 Å². The van der Waals surface area contributed by atoms with Crippen LogP contribution >= 0.6 is 15.9 Å². The van der Waals surface area contributed by atoms with Crippen molar-refractivity contribution in [2.24, 2.45) is 0 Å². The van der Waals surface area contributed by atoms with Gasteiger partial charge in [0.1, 0.15) is 29.0 Å². The minimum absolute atomic E-state index is 0.318. The summed E-state index contributed by atoms with van der Waals surface area (Å²) >= 11 is 3.22. The first kappa shape index (κ1) is 11.9. The normalized spacial score (nSPS) is 34.2. The second-order valence-corrected chi connectivity index (χ2v) is 4.48. The molecule has 0 radical (unpaired) electrons. The standard InChI is InChI=1S/C10H12BrNO4/c11-7-3-5(1-2-12-7)10-9(15)8(14)6(4-13)16-10/h1-3,6,8-10,13-15H,4H2/t6-,8-,9-,10?/m1/s1. The summed E-state index contributed by atoms with van der Waals surface area (Å²) < 4.78 is 6.01. The molecule has 1 aliphatic rings. The highest BCUT2D eigenvalue weighted by molar-refractivity contribution is 9.10. The van der Waals surface area contributed by atoms with Crippen LogP contribution in [0, 0.1) is 0 Å². The Morgan fingerprint density at radius 3 is 2.69 bits per heavy atom. The monoisotopic (exact) mass is 289 g/mol. The van der Waals surface area contributed by atoms with Crippen LogP contribution in [0.4, 0.5) is 0 Å². The number of halogens is 1. The van der Waals surface area contributed by atoms with Crippen molar-refractivity contribution >= 4 is 15.9 Å². The molecule has 0 aliphatic carbocycles. The highest BCUT2D eigenvalue weighted by Crippen LogP contribution is 2.33. The molecule has 0 bridgehead atoms.